The minimum atomic E-state index is -0.0876. The molecule has 2 aromatic rings. The van der Waals surface area contributed by atoms with Crippen LogP contribution in [0.2, 0.25) is 0 Å². The number of nitrogens with zero attached hydrogens (tertiary/aromatic N) is 2. The molecule has 3 rings (SSSR count). The second-order valence-electron chi connectivity index (χ2n) is 5.28. The van der Waals surface area contributed by atoms with Crippen LogP contribution in [0.3, 0.4) is 0 Å². The van der Waals surface area contributed by atoms with Crippen molar-refractivity contribution in [2.45, 2.75) is 12.5 Å². The molecule has 0 aliphatic carbocycles. The van der Waals surface area contributed by atoms with Crippen molar-refractivity contribution in [3.8, 4) is 0 Å². The number of anilines is 1. The summed E-state index contributed by atoms with van der Waals surface area (Å²) in [4.78, 5) is 18.3. The first-order valence-corrected chi connectivity index (χ1v) is 7.42. The SMILES string of the molecule is O=C(Nc1ccncc1)N1CCOC[C@@H]1Cc1ccccc1. The number of carbonyl (C=O) groups is 1. The molecule has 22 heavy (non-hydrogen) atoms. The third-order valence-corrected chi connectivity index (χ3v) is 3.73. The number of morpholine rings is 1. The van der Waals surface area contributed by atoms with E-state index in [4.69, 9.17) is 4.74 Å². The van der Waals surface area contributed by atoms with E-state index in [0.29, 0.717) is 19.8 Å². The molecular formula is C17H19N3O2. The summed E-state index contributed by atoms with van der Waals surface area (Å²) in [5.41, 5.74) is 1.96. The van der Waals surface area contributed by atoms with Crippen LogP contribution in [0.5, 0.6) is 0 Å². The Kier molecular flexibility index (Phi) is 4.65. The minimum absolute atomic E-state index is 0.0537. The Morgan fingerprint density at radius 1 is 1.23 bits per heavy atom. The van der Waals surface area contributed by atoms with Gasteiger partial charge in [-0.25, -0.2) is 4.79 Å². The summed E-state index contributed by atoms with van der Waals surface area (Å²) in [5.74, 6) is 0. The molecule has 0 bridgehead atoms. The van der Waals surface area contributed by atoms with Gasteiger partial charge in [-0.1, -0.05) is 30.3 Å². The van der Waals surface area contributed by atoms with E-state index in [1.807, 2.05) is 23.1 Å². The van der Waals surface area contributed by atoms with Crippen LogP contribution >= 0.6 is 0 Å². The average molecular weight is 297 g/mol. The molecule has 114 valence electrons. The Balaban J connectivity index is 1.68. The van der Waals surface area contributed by atoms with Crippen molar-refractivity contribution < 1.29 is 9.53 Å². The Hall–Kier alpha value is -2.40. The van der Waals surface area contributed by atoms with Crippen LogP contribution in [0.1, 0.15) is 5.56 Å². The van der Waals surface area contributed by atoms with Crippen LogP contribution in [0, 0.1) is 0 Å². The van der Waals surface area contributed by atoms with Gasteiger partial charge in [0.05, 0.1) is 19.3 Å². The fourth-order valence-corrected chi connectivity index (χ4v) is 2.61. The van der Waals surface area contributed by atoms with Gasteiger partial charge in [0.1, 0.15) is 0 Å². The molecule has 0 radical (unpaired) electrons. The van der Waals surface area contributed by atoms with Gasteiger partial charge in [-0.2, -0.15) is 0 Å². The van der Waals surface area contributed by atoms with Crippen LogP contribution in [-0.4, -0.2) is 41.7 Å². The largest absolute Gasteiger partial charge is 0.377 e. The number of nitrogens with one attached hydrogen (secondary N) is 1. The van der Waals surface area contributed by atoms with E-state index in [0.717, 1.165) is 12.1 Å². The topological polar surface area (TPSA) is 54.5 Å². The summed E-state index contributed by atoms with van der Waals surface area (Å²) >= 11 is 0. The minimum Gasteiger partial charge on any atom is -0.377 e. The highest BCUT2D eigenvalue weighted by Gasteiger charge is 2.27. The first-order chi connectivity index (χ1) is 10.8. The van der Waals surface area contributed by atoms with Gasteiger partial charge < -0.3 is 15.0 Å². The number of amides is 2. The normalized spacial score (nSPS) is 18.0. The van der Waals surface area contributed by atoms with Gasteiger partial charge in [-0.05, 0) is 24.1 Å². The Morgan fingerprint density at radius 2 is 2.00 bits per heavy atom. The summed E-state index contributed by atoms with van der Waals surface area (Å²) in [5, 5.41) is 2.92. The second-order valence-corrected chi connectivity index (χ2v) is 5.28. The molecule has 2 heterocycles. The fraction of sp³-hybridized carbons (Fsp3) is 0.294. The van der Waals surface area contributed by atoms with Gasteiger partial charge in [0, 0.05) is 24.6 Å². The van der Waals surface area contributed by atoms with E-state index in [2.05, 4.69) is 22.4 Å². The third kappa shape index (κ3) is 3.62. The van der Waals surface area contributed by atoms with Crippen molar-refractivity contribution in [1.29, 1.82) is 0 Å². The van der Waals surface area contributed by atoms with Gasteiger partial charge in [-0.3, -0.25) is 4.98 Å². The lowest BCUT2D eigenvalue weighted by Gasteiger charge is -2.35. The summed E-state index contributed by atoms with van der Waals surface area (Å²) < 4.78 is 5.55. The monoisotopic (exact) mass is 297 g/mol. The summed E-state index contributed by atoms with van der Waals surface area (Å²) in [6.45, 7) is 1.75. The number of rotatable bonds is 3. The van der Waals surface area contributed by atoms with E-state index in [1.165, 1.54) is 5.56 Å². The maximum Gasteiger partial charge on any atom is 0.322 e. The second kappa shape index (κ2) is 7.04. The molecule has 0 spiro atoms. The number of ether oxygens (including phenoxy) is 1. The predicted octanol–water partition coefficient (Wildman–Crippen LogP) is 2.56. The highest BCUT2D eigenvalue weighted by Crippen LogP contribution is 2.15. The zero-order valence-corrected chi connectivity index (χ0v) is 12.3. The van der Waals surface area contributed by atoms with Gasteiger partial charge >= 0.3 is 6.03 Å². The summed E-state index contributed by atoms with van der Waals surface area (Å²) in [7, 11) is 0. The van der Waals surface area contributed by atoms with Crippen molar-refractivity contribution in [1.82, 2.24) is 9.88 Å². The fourth-order valence-electron chi connectivity index (χ4n) is 2.61. The maximum absolute atomic E-state index is 12.5. The lowest BCUT2D eigenvalue weighted by atomic mass is 10.0. The van der Waals surface area contributed by atoms with Gasteiger partial charge in [-0.15, -0.1) is 0 Å². The maximum atomic E-state index is 12.5. The Bertz CT molecular complexity index is 604. The van der Waals surface area contributed by atoms with E-state index in [-0.39, 0.29) is 12.1 Å². The Labute approximate surface area is 129 Å². The van der Waals surface area contributed by atoms with Crippen LogP contribution in [0.4, 0.5) is 10.5 Å². The molecule has 1 aromatic carbocycles. The number of pyridine rings is 1. The molecule has 0 saturated carbocycles. The van der Waals surface area contributed by atoms with Gasteiger partial charge in [0.2, 0.25) is 0 Å². The van der Waals surface area contributed by atoms with Crippen LogP contribution in [0.25, 0.3) is 0 Å². The van der Waals surface area contributed by atoms with E-state index < -0.39 is 0 Å². The lowest BCUT2D eigenvalue weighted by molar-refractivity contribution is 0.0158. The molecule has 1 saturated heterocycles. The summed E-state index contributed by atoms with van der Waals surface area (Å²) in [6.07, 6.45) is 4.12. The molecule has 1 aliphatic rings. The lowest BCUT2D eigenvalue weighted by Crippen LogP contribution is -2.51. The first kappa shape index (κ1) is 14.5. The third-order valence-electron chi connectivity index (χ3n) is 3.73. The highest BCUT2D eigenvalue weighted by atomic mass is 16.5. The van der Waals surface area contributed by atoms with Gasteiger partial charge in [0.25, 0.3) is 0 Å². The van der Waals surface area contributed by atoms with E-state index in [9.17, 15) is 4.79 Å². The number of hydrogen-bond donors (Lipinski definition) is 1. The number of urea groups is 1. The number of carbonyl (C=O) groups excluding carboxylic acids is 1. The van der Waals surface area contributed by atoms with E-state index >= 15 is 0 Å². The number of benzene rings is 1. The highest BCUT2D eigenvalue weighted by molar-refractivity contribution is 5.89. The average Bonchev–Trinajstić information content (AvgIpc) is 2.57. The molecule has 5 heteroatoms. The molecule has 1 fully saturated rings. The van der Waals surface area contributed by atoms with Crippen molar-refractivity contribution in [2.75, 3.05) is 25.1 Å². The Morgan fingerprint density at radius 3 is 2.77 bits per heavy atom. The quantitative estimate of drug-likeness (QED) is 0.947. The smallest absolute Gasteiger partial charge is 0.322 e. The predicted molar refractivity (Wildman–Crippen MR) is 84.7 cm³/mol. The molecule has 1 N–H and O–H groups in total. The van der Waals surface area contributed by atoms with E-state index in [1.54, 1.807) is 24.5 Å². The molecule has 1 aliphatic heterocycles. The number of hydrogen-bond acceptors (Lipinski definition) is 3. The van der Waals surface area contributed by atoms with Crippen molar-refractivity contribution in [2.24, 2.45) is 0 Å². The molecular weight excluding hydrogens is 278 g/mol. The molecule has 1 aromatic heterocycles. The van der Waals surface area contributed by atoms with Gasteiger partial charge in [0.15, 0.2) is 0 Å². The summed E-state index contributed by atoms with van der Waals surface area (Å²) in [6, 6.07) is 13.7. The standard InChI is InChI=1S/C17H19N3O2/c21-17(19-15-6-8-18-9-7-15)20-10-11-22-13-16(20)12-14-4-2-1-3-5-14/h1-9,16H,10-13H2,(H,18,19,21)/t16-/m0/s1. The van der Waals surface area contributed by atoms with Crippen LogP contribution in [-0.2, 0) is 11.2 Å². The van der Waals surface area contributed by atoms with Crippen molar-refractivity contribution in [3.63, 3.8) is 0 Å². The molecule has 2 amide bonds. The molecule has 1 atom stereocenters. The zero-order valence-electron chi connectivity index (χ0n) is 12.3. The molecule has 0 unspecified atom stereocenters. The van der Waals surface area contributed by atoms with Crippen LogP contribution < -0.4 is 5.32 Å². The number of aromatic nitrogens is 1. The first-order valence-electron chi connectivity index (χ1n) is 7.42. The molecule has 5 nitrogen and oxygen atoms in total. The van der Waals surface area contributed by atoms with Crippen molar-refractivity contribution >= 4 is 11.7 Å². The van der Waals surface area contributed by atoms with Crippen molar-refractivity contribution in [3.05, 3.63) is 60.4 Å². The zero-order chi connectivity index (χ0) is 15.2. The van der Waals surface area contributed by atoms with Crippen LogP contribution in [0.15, 0.2) is 54.9 Å².